The molecule has 0 amide bonds. The van der Waals surface area contributed by atoms with Crippen LogP contribution in [-0.4, -0.2) is 45.9 Å². The maximum atomic E-state index is 11.4. The number of carboxylic acids is 1. The molecule has 1 aliphatic heterocycles. The third-order valence-corrected chi connectivity index (χ3v) is 3.78. The van der Waals surface area contributed by atoms with Crippen LogP contribution in [0.25, 0.3) is 0 Å². The van der Waals surface area contributed by atoms with Crippen molar-refractivity contribution in [1.82, 2.24) is 14.7 Å². The van der Waals surface area contributed by atoms with Gasteiger partial charge in [0.25, 0.3) is 0 Å². The zero-order valence-corrected chi connectivity index (χ0v) is 10.0. The molecular formula is C12H17N3O2. The number of aromatic carboxylic acids is 1. The number of hydrogen-bond donors (Lipinski definition) is 1. The number of hydrogen-bond acceptors (Lipinski definition) is 3. The first-order valence-corrected chi connectivity index (χ1v) is 6.19. The van der Waals surface area contributed by atoms with E-state index < -0.39 is 5.97 Å². The van der Waals surface area contributed by atoms with Gasteiger partial charge in [-0.25, -0.2) is 4.79 Å². The van der Waals surface area contributed by atoms with Crippen molar-refractivity contribution in [2.24, 2.45) is 0 Å². The summed E-state index contributed by atoms with van der Waals surface area (Å²) in [6.45, 7) is 1.81. The standard InChI is InChI=1S/C12H17N3O2/c1-14-6-8(7-14)15-11(12(16)17)9-4-2-3-5-10(9)13-15/h8H,2-7H2,1H3,(H,16,17). The maximum absolute atomic E-state index is 11.4. The van der Waals surface area contributed by atoms with E-state index in [4.69, 9.17) is 0 Å². The molecule has 0 bridgehead atoms. The molecule has 0 spiro atoms. The van der Waals surface area contributed by atoms with Crippen LogP contribution in [-0.2, 0) is 12.8 Å². The van der Waals surface area contributed by atoms with Gasteiger partial charge in [0.2, 0.25) is 0 Å². The Labute approximate surface area is 100 Å². The molecule has 2 aliphatic rings. The number of nitrogens with zero attached hydrogens (tertiary/aromatic N) is 3. The van der Waals surface area contributed by atoms with E-state index in [-0.39, 0.29) is 6.04 Å². The van der Waals surface area contributed by atoms with E-state index in [2.05, 4.69) is 10.00 Å². The molecule has 0 atom stereocenters. The van der Waals surface area contributed by atoms with Gasteiger partial charge in [-0.05, 0) is 32.7 Å². The van der Waals surface area contributed by atoms with Crippen molar-refractivity contribution in [3.05, 3.63) is 17.0 Å². The smallest absolute Gasteiger partial charge is 0.354 e. The Morgan fingerprint density at radius 2 is 2.06 bits per heavy atom. The van der Waals surface area contributed by atoms with Gasteiger partial charge in [-0.3, -0.25) is 4.68 Å². The molecule has 0 aromatic carbocycles. The zero-order valence-electron chi connectivity index (χ0n) is 10.0. The molecule has 5 heteroatoms. The van der Waals surface area contributed by atoms with E-state index in [9.17, 15) is 9.90 Å². The molecule has 1 aromatic rings. The third-order valence-electron chi connectivity index (χ3n) is 3.78. The quantitative estimate of drug-likeness (QED) is 0.829. The first-order chi connectivity index (χ1) is 8.16. The second-order valence-electron chi connectivity index (χ2n) is 5.11. The lowest BCUT2D eigenvalue weighted by molar-refractivity contribution is 0.0656. The van der Waals surface area contributed by atoms with Crippen molar-refractivity contribution in [2.75, 3.05) is 20.1 Å². The lowest BCUT2D eigenvalue weighted by Gasteiger charge is -2.36. The molecule has 17 heavy (non-hydrogen) atoms. The van der Waals surface area contributed by atoms with E-state index in [0.717, 1.165) is 50.0 Å². The van der Waals surface area contributed by atoms with Gasteiger partial charge >= 0.3 is 5.97 Å². The average Bonchev–Trinajstić information content (AvgIpc) is 2.63. The summed E-state index contributed by atoms with van der Waals surface area (Å²) < 4.78 is 1.76. The molecule has 3 rings (SSSR count). The lowest BCUT2D eigenvalue weighted by atomic mass is 9.96. The number of rotatable bonds is 2. The summed E-state index contributed by atoms with van der Waals surface area (Å²) in [5, 5.41) is 13.9. The highest BCUT2D eigenvalue weighted by molar-refractivity contribution is 5.88. The summed E-state index contributed by atoms with van der Waals surface area (Å²) in [7, 11) is 2.04. The van der Waals surface area contributed by atoms with Crippen molar-refractivity contribution in [2.45, 2.75) is 31.7 Å². The van der Waals surface area contributed by atoms with Gasteiger partial charge in [-0.2, -0.15) is 5.10 Å². The highest BCUT2D eigenvalue weighted by Crippen LogP contribution is 2.29. The van der Waals surface area contributed by atoms with Crippen molar-refractivity contribution in [1.29, 1.82) is 0 Å². The van der Waals surface area contributed by atoms with Gasteiger partial charge in [0.1, 0.15) is 5.69 Å². The second-order valence-corrected chi connectivity index (χ2v) is 5.11. The molecule has 1 aliphatic carbocycles. The number of aromatic nitrogens is 2. The lowest BCUT2D eigenvalue weighted by Crippen LogP contribution is -2.46. The summed E-state index contributed by atoms with van der Waals surface area (Å²) in [4.78, 5) is 13.6. The Morgan fingerprint density at radius 3 is 2.71 bits per heavy atom. The minimum atomic E-state index is -0.824. The van der Waals surface area contributed by atoms with Crippen molar-refractivity contribution in [3.8, 4) is 0 Å². The maximum Gasteiger partial charge on any atom is 0.354 e. The molecule has 92 valence electrons. The van der Waals surface area contributed by atoms with Crippen LogP contribution in [0.2, 0.25) is 0 Å². The van der Waals surface area contributed by atoms with Crippen molar-refractivity contribution >= 4 is 5.97 Å². The summed E-state index contributed by atoms with van der Waals surface area (Å²) in [5.74, 6) is -0.824. The summed E-state index contributed by atoms with van der Waals surface area (Å²) in [5.41, 5.74) is 2.44. The van der Waals surface area contributed by atoms with Crippen LogP contribution in [0.4, 0.5) is 0 Å². The number of aryl methyl sites for hydroxylation is 1. The normalized spacial score (nSPS) is 21.0. The first kappa shape index (κ1) is 10.8. The summed E-state index contributed by atoms with van der Waals surface area (Å²) >= 11 is 0. The molecule has 1 N–H and O–H groups in total. The Kier molecular flexibility index (Phi) is 2.43. The molecule has 5 nitrogen and oxygen atoms in total. The fourth-order valence-electron chi connectivity index (χ4n) is 2.89. The number of carbonyl (C=O) groups is 1. The van der Waals surface area contributed by atoms with Gasteiger partial charge in [-0.15, -0.1) is 0 Å². The SMILES string of the molecule is CN1CC(n2nc3c(c2C(=O)O)CCCC3)C1. The van der Waals surface area contributed by atoms with E-state index in [1.54, 1.807) is 4.68 Å². The van der Waals surface area contributed by atoms with E-state index in [1.807, 2.05) is 7.05 Å². The van der Waals surface area contributed by atoms with Crippen LogP contribution >= 0.6 is 0 Å². The predicted molar refractivity (Wildman–Crippen MR) is 62.4 cm³/mol. The van der Waals surface area contributed by atoms with Crippen LogP contribution < -0.4 is 0 Å². The zero-order chi connectivity index (χ0) is 12.0. The Morgan fingerprint density at radius 1 is 1.35 bits per heavy atom. The summed E-state index contributed by atoms with van der Waals surface area (Å²) in [6.07, 6.45) is 4.03. The predicted octanol–water partition coefficient (Wildman–Crippen LogP) is 0.947. The molecule has 1 aromatic heterocycles. The van der Waals surface area contributed by atoms with Gasteiger partial charge < -0.3 is 10.0 Å². The number of fused-ring (bicyclic) bond motifs is 1. The fourth-order valence-corrected chi connectivity index (χ4v) is 2.89. The molecule has 2 heterocycles. The molecule has 1 fully saturated rings. The number of likely N-dealkylation sites (tertiary alicyclic amines) is 1. The van der Waals surface area contributed by atoms with Crippen molar-refractivity contribution in [3.63, 3.8) is 0 Å². The Balaban J connectivity index is 2.02. The van der Waals surface area contributed by atoms with Gasteiger partial charge in [0, 0.05) is 18.7 Å². The minimum Gasteiger partial charge on any atom is -0.477 e. The van der Waals surface area contributed by atoms with Crippen molar-refractivity contribution < 1.29 is 9.90 Å². The second kappa shape index (κ2) is 3.84. The van der Waals surface area contributed by atoms with Gasteiger partial charge in [0.15, 0.2) is 0 Å². The molecule has 0 radical (unpaired) electrons. The number of likely N-dealkylation sites (N-methyl/N-ethyl adjacent to an activating group) is 1. The molecule has 1 saturated heterocycles. The van der Waals surface area contributed by atoms with Crippen LogP contribution in [0.1, 0.15) is 40.6 Å². The monoisotopic (exact) mass is 235 g/mol. The topological polar surface area (TPSA) is 58.4 Å². The largest absolute Gasteiger partial charge is 0.477 e. The summed E-state index contributed by atoms with van der Waals surface area (Å²) in [6, 6.07) is 0.247. The Bertz CT molecular complexity index is 461. The van der Waals surface area contributed by atoms with E-state index in [1.165, 1.54) is 0 Å². The molecular weight excluding hydrogens is 218 g/mol. The average molecular weight is 235 g/mol. The third kappa shape index (κ3) is 1.65. The minimum absolute atomic E-state index is 0.247. The fraction of sp³-hybridized carbons (Fsp3) is 0.667. The Hall–Kier alpha value is -1.36. The highest BCUT2D eigenvalue weighted by Gasteiger charge is 2.33. The van der Waals surface area contributed by atoms with E-state index >= 15 is 0 Å². The van der Waals surface area contributed by atoms with Gasteiger partial charge in [0.05, 0.1) is 11.7 Å². The molecule has 0 unspecified atom stereocenters. The first-order valence-electron chi connectivity index (χ1n) is 6.19. The van der Waals surface area contributed by atoms with Crippen LogP contribution in [0, 0.1) is 0 Å². The van der Waals surface area contributed by atoms with Crippen LogP contribution in [0.15, 0.2) is 0 Å². The molecule has 0 saturated carbocycles. The van der Waals surface area contributed by atoms with Gasteiger partial charge in [-0.1, -0.05) is 0 Å². The van der Waals surface area contributed by atoms with E-state index in [0.29, 0.717) is 5.69 Å². The number of carboxylic acid groups (broad SMARTS) is 1. The van der Waals surface area contributed by atoms with Crippen LogP contribution in [0.5, 0.6) is 0 Å². The highest BCUT2D eigenvalue weighted by atomic mass is 16.4. The van der Waals surface area contributed by atoms with Crippen LogP contribution in [0.3, 0.4) is 0 Å².